The van der Waals surface area contributed by atoms with E-state index in [1.807, 2.05) is 20.0 Å². The molecule has 1 aromatic rings. The fourth-order valence-corrected chi connectivity index (χ4v) is 1.82. The third-order valence-corrected chi connectivity index (χ3v) is 2.66. The van der Waals surface area contributed by atoms with Crippen LogP contribution < -0.4 is 24.8 Å². The largest absolute Gasteiger partial charge is 0.483 e. The van der Waals surface area contributed by atoms with Crippen LogP contribution in [0.15, 0.2) is 12.1 Å². The predicted octanol–water partition coefficient (Wildman–Crippen LogP) is 0.650. The van der Waals surface area contributed by atoms with Gasteiger partial charge in [0.2, 0.25) is 6.79 Å². The maximum atomic E-state index is 11.4. The van der Waals surface area contributed by atoms with Gasteiger partial charge >= 0.3 is 0 Å². The molecule has 19 heavy (non-hydrogen) atoms. The van der Waals surface area contributed by atoms with Gasteiger partial charge in [-0.05, 0) is 20.0 Å². The van der Waals surface area contributed by atoms with Crippen molar-refractivity contribution in [2.75, 3.05) is 27.0 Å². The predicted molar refractivity (Wildman–Crippen MR) is 69.5 cm³/mol. The second-order valence-corrected chi connectivity index (χ2v) is 4.09. The van der Waals surface area contributed by atoms with Gasteiger partial charge in [0, 0.05) is 24.7 Å². The van der Waals surface area contributed by atoms with Crippen molar-refractivity contribution in [1.82, 2.24) is 10.6 Å². The molecule has 104 valence electrons. The number of benzene rings is 1. The molecule has 6 heteroatoms. The summed E-state index contributed by atoms with van der Waals surface area (Å²) in [5.74, 6) is 1.83. The van der Waals surface area contributed by atoms with Crippen LogP contribution in [0.25, 0.3) is 0 Å². The third-order valence-electron chi connectivity index (χ3n) is 2.66. The molecule has 0 saturated heterocycles. The Morgan fingerprint density at radius 3 is 2.79 bits per heavy atom. The molecule has 6 nitrogen and oxygen atoms in total. The minimum absolute atomic E-state index is 0.00972. The smallest absolute Gasteiger partial charge is 0.257 e. The molecule has 2 N–H and O–H groups in total. The number of rotatable bonds is 6. The zero-order valence-electron chi connectivity index (χ0n) is 11.1. The first-order chi connectivity index (χ1) is 9.24. The minimum Gasteiger partial charge on any atom is -0.483 e. The van der Waals surface area contributed by atoms with Gasteiger partial charge in [-0.2, -0.15) is 0 Å². The lowest BCUT2D eigenvalue weighted by atomic mass is 10.1. The van der Waals surface area contributed by atoms with E-state index >= 15 is 0 Å². The van der Waals surface area contributed by atoms with Crippen LogP contribution in [0.3, 0.4) is 0 Å². The second kappa shape index (κ2) is 6.29. The lowest BCUT2D eigenvalue weighted by Gasteiger charge is -2.12. The van der Waals surface area contributed by atoms with Gasteiger partial charge in [-0.3, -0.25) is 4.79 Å². The van der Waals surface area contributed by atoms with E-state index in [1.165, 1.54) is 0 Å². The Morgan fingerprint density at radius 2 is 2.11 bits per heavy atom. The quantitative estimate of drug-likeness (QED) is 0.791. The van der Waals surface area contributed by atoms with Crippen LogP contribution in [0, 0.1) is 0 Å². The van der Waals surface area contributed by atoms with Gasteiger partial charge < -0.3 is 24.8 Å². The monoisotopic (exact) mass is 266 g/mol. The van der Waals surface area contributed by atoms with Crippen LogP contribution in [-0.4, -0.2) is 32.9 Å². The van der Waals surface area contributed by atoms with Crippen LogP contribution >= 0.6 is 0 Å². The van der Waals surface area contributed by atoms with Gasteiger partial charge in [0.1, 0.15) is 5.75 Å². The van der Waals surface area contributed by atoms with Gasteiger partial charge in [0.25, 0.3) is 5.91 Å². The van der Waals surface area contributed by atoms with Gasteiger partial charge in [0.15, 0.2) is 18.1 Å². The fraction of sp³-hybridized carbons (Fsp3) is 0.462. The van der Waals surface area contributed by atoms with Gasteiger partial charge in [-0.1, -0.05) is 0 Å². The Kier molecular flexibility index (Phi) is 4.46. The molecule has 1 aromatic carbocycles. The van der Waals surface area contributed by atoms with Crippen molar-refractivity contribution in [2.24, 2.45) is 0 Å². The highest BCUT2D eigenvalue weighted by Crippen LogP contribution is 2.38. The first-order valence-electron chi connectivity index (χ1n) is 6.21. The van der Waals surface area contributed by atoms with Crippen LogP contribution in [0.4, 0.5) is 0 Å². The first-order valence-corrected chi connectivity index (χ1v) is 6.21. The Bertz CT molecular complexity index is 462. The van der Waals surface area contributed by atoms with E-state index in [9.17, 15) is 4.79 Å². The summed E-state index contributed by atoms with van der Waals surface area (Å²) in [7, 11) is 1.85. The van der Waals surface area contributed by atoms with Crippen molar-refractivity contribution in [1.29, 1.82) is 0 Å². The molecule has 0 unspecified atom stereocenters. The number of carbonyl (C=O) groups is 1. The number of carbonyl (C=O) groups excluding carboxylic acids is 1. The molecule has 1 aliphatic rings. The summed E-state index contributed by atoms with van der Waals surface area (Å²) < 4.78 is 16.2. The summed E-state index contributed by atoms with van der Waals surface area (Å²) in [6.45, 7) is 3.29. The molecule has 0 aliphatic carbocycles. The highest BCUT2D eigenvalue weighted by Gasteiger charge is 2.18. The highest BCUT2D eigenvalue weighted by atomic mass is 16.7. The van der Waals surface area contributed by atoms with Gasteiger partial charge in [-0.25, -0.2) is 0 Å². The lowest BCUT2D eigenvalue weighted by molar-refractivity contribution is -0.122. The van der Waals surface area contributed by atoms with E-state index in [1.54, 1.807) is 6.07 Å². The summed E-state index contributed by atoms with van der Waals surface area (Å²) >= 11 is 0. The Morgan fingerprint density at radius 1 is 1.37 bits per heavy atom. The van der Waals surface area contributed by atoms with Crippen molar-refractivity contribution in [3.63, 3.8) is 0 Å². The van der Waals surface area contributed by atoms with Crippen LogP contribution in [-0.2, 0) is 11.3 Å². The van der Waals surface area contributed by atoms with Crippen LogP contribution in [0.5, 0.6) is 17.2 Å². The number of hydrogen-bond donors (Lipinski definition) is 2. The van der Waals surface area contributed by atoms with E-state index in [0.717, 1.165) is 5.56 Å². The van der Waals surface area contributed by atoms with Crippen molar-refractivity contribution >= 4 is 5.91 Å². The van der Waals surface area contributed by atoms with Gasteiger partial charge in [-0.15, -0.1) is 0 Å². The summed E-state index contributed by atoms with van der Waals surface area (Å²) in [4.78, 5) is 11.4. The maximum Gasteiger partial charge on any atom is 0.257 e. The Labute approximate surface area is 112 Å². The van der Waals surface area contributed by atoms with Crippen molar-refractivity contribution in [3.8, 4) is 17.2 Å². The molecule has 0 aromatic heterocycles. The zero-order chi connectivity index (χ0) is 13.7. The van der Waals surface area contributed by atoms with E-state index in [2.05, 4.69) is 10.6 Å². The van der Waals surface area contributed by atoms with Crippen molar-refractivity contribution < 1.29 is 19.0 Å². The molecule has 0 radical (unpaired) electrons. The number of ether oxygens (including phenoxy) is 3. The number of fused-ring (bicyclic) bond motifs is 1. The number of amides is 1. The number of nitrogens with one attached hydrogen (secondary N) is 2. The number of hydrogen-bond acceptors (Lipinski definition) is 5. The van der Waals surface area contributed by atoms with E-state index < -0.39 is 0 Å². The molecule has 0 spiro atoms. The average molecular weight is 266 g/mol. The SMILES string of the molecule is CCNC(=O)COc1cc2c(cc1CNC)OCO2. The lowest BCUT2D eigenvalue weighted by Crippen LogP contribution is -2.28. The first kappa shape index (κ1) is 13.5. The molecule has 0 atom stereocenters. The van der Waals surface area contributed by atoms with Crippen molar-refractivity contribution in [2.45, 2.75) is 13.5 Å². The van der Waals surface area contributed by atoms with Crippen molar-refractivity contribution in [3.05, 3.63) is 17.7 Å². The summed E-state index contributed by atoms with van der Waals surface area (Å²) in [6, 6.07) is 3.63. The molecule has 1 amide bonds. The van der Waals surface area contributed by atoms with E-state index in [0.29, 0.717) is 30.3 Å². The Balaban J connectivity index is 2.11. The topological polar surface area (TPSA) is 68.8 Å². The molecule has 2 rings (SSSR count). The summed E-state index contributed by atoms with van der Waals surface area (Å²) in [5.41, 5.74) is 0.927. The molecule has 1 aliphatic heterocycles. The standard InChI is InChI=1S/C13H18N2O4/c1-3-15-13(16)7-17-10-5-12-11(18-8-19-12)4-9(10)6-14-2/h4-5,14H,3,6-8H2,1-2H3,(H,15,16). The van der Waals surface area contributed by atoms with Gasteiger partial charge in [0.05, 0.1) is 0 Å². The van der Waals surface area contributed by atoms with Crippen LogP contribution in [0.1, 0.15) is 12.5 Å². The van der Waals surface area contributed by atoms with E-state index in [4.69, 9.17) is 14.2 Å². The molecule has 0 saturated carbocycles. The molecule has 1 heterocycles. The second-order valence-electron chi connectivity index (χ2n) is 4.09. The zero-order valence-corrected chi connectivity index (χ0v) is 11.1. The third kappa shape index (κ3) is 3.29. The van der Waals surface area contributed by atoms with Crippen LogP contribution in [0.2, 0.25) is 0 Å². The Hall–Kier alpha value is -1.95. The maximum absolute atomic E-state index is 11.4. The minimum atomic E-state index is -0.143. The molecule has 0 bridgehead atoms. The molecule has 0 fully saturated rings. The fourth-order valence-electron chi connectivity index (χ4n) is 1.82. The highest BCUT2D eigenvalue weighted by molar-refractivity contribution is 5.77. The summed E-state index contributed by atoms with van der Waals surface area (Å²) in [5, 5.41) is 5.74. The normalized spacial score (nSPS) is 12.3. The molecular formula is C13H18N2O4. The average Bonchev–Trinajstić information content (AvgIpc) is 2.84. The number of likely N-dealkylation sites (N-methyl/N-ethyl adjacent to an activating group) is 1. The van der Waals surface area contributed by atoms with E-state index in [-0.39, 0.29) is 19.3 Å². The molecular weight excluding hydrogens is 248 g/mol. The summed E-state index contributed by atoms with van der Waals surface area (Å²) in [6.07, 6.45) is 0.